The Kier molecular flexibility index (Phi) is 11.5. The van der Waals surface area contributed by atoms with Crippen LogP contribution in [0.4, 0.5) is 0 Å². The predicted molar refractivity (Wildman–Crippen MR) is 231 cm³/mol. The largest absolute Gasteiger partial charge is 0.496 e. The van der Waals surface area contributed by atoms with Gasteiger partial charge >= 0.3 is 0 Å². The van der Waals surface area contributed by atoms with Crippen LogP contribution in [-0.4, -0.2) is 38.4 Å². The number of halogens is 3. The average molecular weight is 890 g/mol. The number of hydrogen-bond donors (Lipinski definition) is 0. The minimum Gasteiger partial charge on any atom is -0.496 e. The number of nitrogens with zero attached hydrogens (tertiary/aromatic N) is 3. The molecule has 0 radical (unpaired) electrons. The Morgan fingerprint density at radius 2 is 1.14 bits per heavy atom. The second-order valence-corrected chi connectivity index (χ2v) is 18.4. The lowest BCUT2D eigenvalue weighted by Gasteiger charge is -2.17. The summed E-state index contributed by atoms with van der Waals surface area (Å²) in [7, 11) is 6.68. The Morgan fingerprint density at radius 1 is 0.643 bits per heavy atom. The molecule has 0 bridgehead atoms. The highest BCUT2D eigenvalue weighted by molar-refractivity contribution is 9.11. The number of para-hydroxylation sites is 1. The van der Waals surface area contributed by atoms with Crippen LogP contribution in [0.3, 0.4) is 0 Å². The number of hydrogen-bond acceptors (Lipinski definition) is 9. The molecule has 6 aromatic rings. The van der Waals surface area contributed by atoms with E-state index in [9.17, 15) is 5.26 Å². The van der Waals surface area contributed by atoms with Crippen molar-refractivity contribution in [2.45, 2.75) is 57.3 Å². The summed E-state index contributed by atoms with van der Waals surface area (Å²) in [5.41, 5.74) is 8.29. The van der Waals surface area contributed by atoms with E-state index in [1.165, 1.54) is 5.56 Å². The van der Waals surface area contributed by atoms with Gasteiger partial charge in [-0.05, 0) is 122 Å². The molecule has 4 aromatic carbocycles. The summed E-state index contributed by atoms with van der Waals surface area (Å²) in [6.45, 7) is 6.09. The van der Waals surface area contributed by atoms with Crippen molar-refractivity contribution in [1.29, 1.82) is 5.26 Å². The fourth-order valence-electron chi connectivity index (χ4n) is 7.29. The molecule has 2 saturated carbocycles. The molecule has 7 nitrogen and oxygen atoms in total. The Balaban J connectivity index is 0.000000172. The summed E-state index contributed by atoms with van der Waals surface area (Å²) in [6, 6.07) is 23.8. The summed E-state index contributed by atoms with van der Waals surface area (Å²) in [5, 5.41) is 12.8. The number of ether oxygens (including phenoxy) is 4. The van der Waals surface area contributed by atoms with Crippen LogP contribution in [-0.2, 0) is 10.8 Å². The maximum atomic E-state index is 9.35. The quantitative estimate of drug-likeness (QED) is 0.135. The zero-order chi connectivity index (χ0) is 39.9. The van der Waals surface area contributed by atoms with E-state index in [0.717, 1.165) is 107 Å². The number of thiazole rings is 2. The molecule has 2 heterocycles. The number of benzene rings is 4. The number of aromatic nitrogens is 2. The third kappa shape index (κ3) is 7.29. The van der Waals surface area contributed by atoms with Gasteiger partial charge in [0.15, 0.2) is 0 Å². The lowest BCUT2D eigenvalue weighted by molar-refractivity contribution is 0.406. The van der Waals surface area contributed by atoms with Gasteiger partial charge in [-0.25, -0.2) is 9.97 Å². The van der Waals surface area contributed by atoms with Gasteiger partial charge in [-0.2, -0.15) is 5.26 Å². The summed E-state index contributed by atoms with van der Waals surface area (Å²) in [4.78, 5) is 11.2. The van der Waals surface area contributed by atoms with Crippen LogP contribution in [0.2, 0.25) is 10.0 Å². The summed E-state index contributed by atoms with van der Waals surface area (Å²) < 4.78 is 23.0. The van der Waals surface area contributed by atoms with E-state index in [0.29, 0.717) is 15.6 Å². The van der Waals surface area contributed by atoms with Crippen molar-refractivity contribution < 1.29 is 18.9 Å². The molecule has 0 amide bonds. The Labute approximate surface area is 354 Å². The minimum atomic E-state index is -0.195. The molecule has 2 aliphatic carbocycles. The zero-order valence-corrected chi connectivity index (χ0v) is 36.8. The average Bonchev–Trinajstić information content (AvgIpc) is 4.13. The van der Waals surface area contributed by atoms with Crippen LogP contribution in [0, 0.1) is 32.1 Å². The van der Waals surface area contributed by atoms with Crippen LogP contribution in [0.1, 0.15) is 68.4 Å². The van der Waals surface area contributed by atoms with E-state index < -0.39 is 0 Å². The molecule has 2 aromatic heterocycles. The summed E-state index contributed by atoms with van der Waals surface area (Å²) >= 11 is 20.2. The number of nitriles is 1. The van der Waals surface area contributed by atoms with E-state index in [2.05, 4.69) is 41.1 Å². The van der Waals surface area contributed by atoms with Crippen molar-refractivity contribution >= 4 is 61.8 Å². The van der Waals surface area contributed by atoms with Crippen molar-refractivity contribution in [3.05, 3.63) is 123 Å². The van der Waals surface area contributed by atoms with Gasteiger partial charge in [0.2, 0.25) is 0 Å². The first kappa shape index (κ1) is 40.1. The lowest BCUT2D eigenvalue weighted by atomic mass is 9.94. The predicted octanol–water partition coefficient (Wildman–Crippen LogP) is 12.7. The van der Waals surface area contributed by atoms with Gasteiger partial charge in [-0.15, -0.1) is 22.7 Å². The van der Waals surface area contributed by atoms with Gasteiger partial charge in [-0.1, -0.05) is 41.4 Å². The van der Waals surface area contributed by atoms with Gasteiger partial charge in [0, 0.05) is 27.1 Å². The minimum absolute atomic E-state index is 0.0635. The zero-order valence-electron chi connectivity index (χ0n) is 32.1. The van der Waals surface area contributed by atoms with Crippen molar-refractivity contribution in [2.75, 3.05) is 28.4 Å². The Bertz CT molecular complexity index is 2500. The van der Waals surface area contributed by atoms with Crippen molar-refractivity contribution in [3.63, 3.8) is 0 Å². The molecule has 56 heavy (non-hydrogen) atoms. The highest BCUT2D eigenvalue weighted by atomic mass is 79.9. The highest BCUT2D eigenvalue weighted by Gasteiger charge is 2.51. The van der Waals surface area contributed by atoms with Crippen LogP contribution >= 0.6 is 61.8 Å². The Hall–Kier alpha value is -4.11. The molecule has 0 unspecified atom stereocenters. The monoisotopic (exact) mass is 887 g/mol. The molecule has 2 fully saturated rings. The normalized spacial score (nSPS) is 14.6. The van der Waals surface area contributed by atoms with E-state index in [1.807, 2.05) is 62.4 Å². The van der Waals surface area contributed by atoms with Crippen LogP contribution in [0.25, 0.3) is 22.5 Å². The molecule has 0 N–H and O–H groups in total. The van der Waals surface area contributed by atoms with Gasteiger partial charge in [0.25, 0.3) is 0 Å². The second-order valence-electron chi connectivity index (χ2n) is 14.1. The maximum absolute atomic E-state index is 9.35. The van der Waals surface area contributed by atoms with E-state index >= 15 is 0 Å². The first-order chi connectivity index (χ1) is 26.9. The number of rotatable bonds is 10. The molecule has 0 aliphatic heterocycles. The number of aryl methyl sites for hydroxylation is 3. The van der Waals surface area contributed by atoms with Crippen molar-refractivity contribution in [3.8, 4) is 51.6 Å². The summed E-state index contributed by atoms with van der Waals surface area (Å²) in [6.07, 6.45) is 4.12. The smallest absolute Gasteiger partial charge is 0.123 e. The molecule has 288 valence electrons. The van der Waals surface area contributed by atoms with E-state index in [-0.39, 0.29) is 10.8 Å². The third-order valence-electron chi connectivity index (χ3n) is 10.6. The molecule has 2 aliphatic rings. The first-order valence-electron chi connectivity index (χ1n) is 18.0. The first-order valence-corrected chi connectivity index (χ1v) is 21.2. The molecule has 0 saturated heterocycles. The summed E-state index contributed by atoms with van der Waals surface area (Å²) in [5.74, 6) is 3.27. The van der Waals surface area contributed by atoms with Gasteiger partial charge in [0.05, 0.1) is 76.1 Å². The molecule has 8 rings (SSSR count). The van der Waals surface area contributed by atoms with Crippen LogP contribution in [0.5, 0.6) is 23.0 Å². The van der Waals surface area contributed by atoms with Gasteiger partial charge in [-0.3, -0.25) is 0 Å². The Morgan fingerprint density at radius 3 is 1.70 bits per heavy atom. The standard InChI is InChI=1S/C23H21ClN2O2S.C21H19BrClNO2S/c1-13-9-16(18(24)11-20(13)28-4)21-14(2)29-22(26-21)23(7-8-23)17-10-15(12-25)5-6-19(17)27-3;1-12-10-13(15(23)11-17(12)26-3)18-19(22)27-20(24-18)21(8-9-21)14-6-4-5-7-16(14)25-2/h5-6,9-11H,7-8H2,1-4H3;4-7,10-11H,8-9H2,1-3H3. The fourth-order valence-corrected chi connectivity index (χ4v) is 10.8. The van der Waals surface area contributed by atoms with Crippen LogP contribution < -0.4 is 18.9 Å². The van der Waals surface area contributed by atoms with Gasteiger partial charge in [0.1, 0.15) is 33.0 Å². The van der Waals surface area contributed by atoms with Gasteiger partial charge < -0.3 is 18.9 Å². The topological polar surface area (TPSA) is 86.5 Å². The molecule has 0 spiro atoms. The van der Waals surface area contributed by atoms with E-state index in [4.69, 9.17) is 52.1 Å². The molecule has 12 heteroatoms. The highest BCUT2D eigenvalue weighted by Crippen LogP contribution is 2.59. The SMILES string of the molecule is COc1cc(Cl)c(-c2nc(C3(c4cc(C#N)ccc4OC)CC3)sc2C)cc1C.COc1cc(Cl)c(-c2nc(C3(c4ccccc4OC)CC3)sc2Br)cc1C. The fraction of sp³-hybridized carbons (Fsp3) is 0.295. The molecular formula is C44H40BrCl2N3O4S2. The number of methoxy groups -OCH3 is 4. The molecule has 0 atom stereocenters. The van der Waals surface area contributed by atoms with Crippen molar-refractivity contribution in [1.82, 2.24) is 9.97 Å². The lowest BCUT2D eigenvalue weighted by Crippen LogP contribution is -2.10. The van der Waals surface area contributed by atoms with E-state index in [1.54, 1.807) is 57.2 Å². The molecular weight excluding hydrogens is 849 g/mol. The second kappa shape index (κ2) is 16.0. The van der Waals surface area contributed by atoms with Crippen molar-refractivity contribution in [2.24, 2.45) is 0 Å². The third-order valence-corrected chi connectivity index (χ3v) is 14.4. The van der Waals surface area contributed by atoms with Crippen LogP contribution in [0.15, 0.2) is 70.5 Å². The maximum Gasteiger partial charge on any atom is 0.123 e.